The van der Waals surface area contributed by atoms with E-state index in [0.29, 0.717) is 11.3 Å². The van der Waals surface area contributed by atoms with Gasteiger partial charge in [0.15, 0.2) is 5.69 Å². The van der Waals surface area contributed by atoms with Crippen LogP contribution in [0.1, 0.15) is 70.6 Å². The van der Waals surface area contributed by atoms with Gasteiger partial charge in [-0.3, -0.25) is 19.3 Å². The molecule has 5 N–H and O–H groups in total. The molecular weight excluding hydrogens is 462 g/mol. The molecule has 184 valence electrons. The molecule has 0 aliphatic rings. The number of nitrogens with two attached hydrogens (primary N) is 2. The van der Waals surface area contributed by atoms with E-state index in [9.17, 15) is 14.4 Å². The average molecular weight is 494 g/mol. The van der Waals surface area contributed by atoms with Crippen molar-refractivity contribution in [3.63, 3.8) is 0 Å². The van der Waals surface area contributed by atoms with E-state index in [4.69, 9.17) is 11.5 Å². The summed E-state index contributed by atoms with van der Waals surface area (Å²) in [5, 5.41) is 3.00. The summed E-state index contributed by atoms with van der Waals surface area (Å²) in [5.74, 6) is -1.73. The van der Waals surface area contributed by atoms with Gasteiger partial charge < -0.3 is 16.8 Å². The lowest BCUT2D eigenvalue weighted by atomic mass is 9.99. The van der Waals surface area contributed by atoms with Crippen molar-refractivity contribution in [2.75, 3.05) is 10.6 Å². The predicted octanol–water partition coefficient (Wildman–Crippen LogP) is 4.00. The van der Waals surface area contributed by atoms with Crippen LogP contribution in [0.3, 0.4) is 0 Å². The molecule has 1 unspecified atom stereocenters. The third-order valence-corrected chi connectivity index (χ3v) is 6.25. The summed E-state index contributed by atoms with van der Waals surface area (Å²) < 4.78 is 3.98. The molecule has 0 spiro atoms. The maximum atomic E-state index is 14.0. The maximum Gasteiger partial charge on any atom is 0.273 e. The molecule has 0 saturated heterocycles. The lowest BCUT2D eigenvalue weighted by Crippen LogP contribution is -2.49. The highest BCUT2D eigenvalue weighted by Crippen LogP contribution is 2.33. The third kappa shape index (κ3) is 5.86. The SMILES string of the molecule is CCc1ccc(N(C(=O)c2snc(C(N)=O)c2N)C(C(=O)NC(C)(C)C)c2ccc(C)cc2)cc1. The van der Waals surface area contributed by atoms with Crippen LogP contribution in [-0.4, -0.2) is 27.6 Å². The van der Waals surface area contributed by atoms with Gasteiger partial charge in [-0.2, -0.15) is 4.37 Å². The van der Waals surface area contributed by atoms with Crippen LogP contribution in [-0.2, 0) is 11.2 Å². The molecular formula is C26H31N5O3S. The number of carbonyl (C=O) groups excluding carboxylic acids is 3. The number of aromatic nitrogens is 1. The van der Waals surface area contributed by atoms with Crippen LogP contribution in [0.4, 0.5) is 11.4 Å². The fourth-order valence-electron chi connectivity index (χ4n) is 3.62. The predicted molar refractivity (Wildman–Crippen MR) is 139 cm³/mol. The van der Waals surface area contributed by atoms with Crippen molar-refractivity contribution in [2.45, 2.75) is 52.6 Å². The molecule has 0 fully saturated rings. The number of carbonyl (C=O) groups is 3. The Kier molecular flexibility index (Phi) is 7.60. The number of nitrogen functional groups attached to an aromatic ring is 1. The summed E-state index contributed by atoms with van der Waals surface area (Å²) in [4.78, 5) is 40.8. The van der Waals surface area contributed by atoms with Crippen LogP contribution in [0.15, 0.2) is 48.5 Å². The molecule has 0 radical (unpaired) electrons. The topological polar surface area (TPSA) is 131 Å². The van der Waals surface area contributed by atoms with Crippen LogP contribution in [0.5, 0.6) is 0 Å². The summed E-state index contributed by atoms with van der Waals surface area (Å²) in [7, 11) is 0. The van der Waals surface area contributed by atoms with E-state index >= 15 is 0 Å². The van der Waals surface area contributed by atoms with Gasteiger partial charge in [0.2, 0.25) is 5.91 Å². The number of hydrogen-bond donors (Lipinski definition) is 3. The van der Waals surface area contributed by atoms with E-state index in [1.165, 1.54) is 4.90 Å². The number of benzene rings is 2. The molecule has 1 heterocycles. The molecule has 3 rings (SSSR count). The van der Waals surface area contributed by atoms with Gasteiger partial charge in [0.1, 0.15) is 10.9 Å². The van der Waals surface area contributed by atoms with Crippen LogP contribution in [0, 0.1) is 6.92 Å². The van der Waals surface area contributed by atoms with Crippen molar-refractivity contribution in [1.82, 2.24) is 9.69 Å². The number of amides is 3. The molecule has 0 saturated carbocycles. The molecule has 35 heavy (non-hydrogen) atoms. The number of aryl methyl sites for hydroxylation is 2. The van der Waals surface area contributed by atoms with Gasteiger partial charge in [-0.1, -0.05) is 48.9 Å². The Morgan fingerprint density at radius 1 is 1.06 bits per heavy atom. The normalized spacial score (nSPS) is 12.1. The first kappa shape index (κ1) is 25.9. The number of nitrogens with zero attached hydrogens (tertiary/aromatic N) is 2. The largest absolute Gasteiger partial charge is 0.395 e. The zero-order chi connectivity index (χ0) is 25.9. The van der Waals surface area contributed by atoms with Gasteiger partial charge in [0.25, 0.3) is 11.8 Å². The second-order valence-electron chi connectivity index (χ2n) is 9.39. The minimum Gasteiger partial charge on any atom is -0.395 e. The number of primary amides is 1. The monoisotopic (exact) mass is 493 g/mol. The summed E-state index contributed by atoms with van der Waals surface area (Å²) >= 11 is 0.784. The van der Waals surface area contributed by atoms with Gasteiger partial charge in [-0.15, -0.1) is 0 Å². The van der Waals surface area contributed by atoms with Gasteiger partial charge >= 0.3 is 0 Å². The highest BCUT2D eigenvalue weighted by atomic mass is 32.1. The average Bonchev–Trinajstić information content (AvgIpc) is 3.18. The van der Waals surface area contributed by atoms with Gasteiger partial charge in [0, 0.05) is 11.2 Å². The summed E-state index contributed by atoms with van der Waals surface area (Å²) in [6, 6.07) is 13.9. The van der Waals surface area contributed by atoms with Crippen molar-refractivity contribution >= 4 is 40.6 Å². The highest BCUT2D eigenvalue weighted by Gasteiger charge is 2.37. The fourth-order valence-corrected chi connectivity index (χ4v) is 4.36. The van der Waals surface area contributed by atoms with E-state index in [-0.39, 0.29) is 22.2 Å². The van der Waals surface area contributed by atoms with Crippen molar-refractivity contribution in [3.05, 3.63) is 75.8 Å². The molecule has 2 aromatic carbocycles. The Morgan fingerprint density at radius 3 is 2.14 bits per heavy atom. The first-order valence-electron chi connectivity index (χ1n) is 11.3. The Balaban J connectivity index is 2.23. The van der Waals surface area contributed by atoms with Crippen LogP contribution in [0.25, 0.3) is 0 Å². The molecule has 8 nitrogen and oxygen atoms in total. The number of hydrogen-bond acceptors (Lipinski definition) is 6. The lowest BCUT2D eigenvalue weighted by Gasteiger charge is -2.33. The smallest absolute Gasteiger partial charge is 0.273 e. The minimum atomic E-state index is -1.01. The Hall–Kier alpha value is -3.72. The van der Waals surface area contributed by atoms with E-state index in [2.05, 4.69) is 9.69 Å². The van der Waals surface area contributed by atoms with E-state index in [1.54, 1.807) is 12.1 Å². The Labute approximate surface area is 209 Å². The Morgan fingerprint density at radius 2 is 1.66 bits per heavy atom. The molecule has 0 bridgehead atoms. The van der Waals surface area contributed by atoms with Gasteiger partial charge in [-0.05, 0) is 68.9 Å². The molecule has 3 aromatic rings. The van der Waals surface area contributed by atoms with Gasteiger partial charge in [0.05, 0.1) is 5.69 Å². The minimum absolute atomic E-state index is 0.0408. The standard InChI is InChI=1S/C26H31N5O3S/c1-6-16-9-13-18(14-10-16)31(25(34)22-19(27)20(23(28)32)30-35-22)21(24(33)29-26(3,4)5)17-11-7-15(2)8-12-17/h7-14,21H,6,27H2,1-5H3,(H2,28,32)(H,29,33). The third-order valence-electron chi connectivity index (χ3n) is 5.39. The molecule has 0 aliphatic heterocycles. The molecule has 9 heteroatoms. The number of rotatable bonds is 7. The zero-order valence-electron chi connectivity index (χ0n) is 20.6. The zero-order valence-corrected chi connectivity index (χ0v) is 21.4. The second kappa shape index (κ2) is 10.3. The number of nitrogens with one attached hydrogen (secondary N) is 1. The second-order valence-corrected chi connectivity index (χ2v) is 10.2. The van der Waals surface area contributed by atoms with Crippen LogP contribution < -0.4 is 21.7 Å². The van der Waals surface area contributed by atoms with Gasteiger partial charge in [-0.25, -0.2) is 0 Å². The van der Waals surface area contributed by atoms with Crippen molar-refractivity contribution < 1.29 is 14.4 Å². The van der Waals surface area contributed by atoms with Crippen LogP contribution in [0.2, 0.25) is 0 Å². The number of anilines is 2. The van der Waals surface area contributed by atoms with Crippen LogP contribution >= 0.6 is 11.5 Å². The molecule has 0 aliphatic carbocycles. The Bertz CT molecular complexity index is 1230. The first-order chi connectivity index (χ1) is 16.4. The molecule has 1 aromatic heterocycles. The van der Waals surface area contributed by atoms with Crippen molar-refractivity contribution in [3.8, 4) is 0 Å². The summed E-state index contributed by atoms with van der Waals surface area (Å²) in [5.41, 5.74) is 13.9. The fraction of sp³-hybridized carbons (Fsp3) is 0.308. The highest BCUT2D eigenvalue weighted by molar-refractivity contribution is 7.09. The molecule has 3 amide bonds. The maximum absolute atomic E-state index is 14.0. The molecule has 1 atom stereocenters. The first-order valence-corrected chi connectivity index (χ1v) is 12.1. The van der Waals surface area contributed by atoms with Crippen molar-refractivity contribution in [2.24, 2.45) is 5.73 Å². The summed E-state index contributed by atoms with van der Waals surface area (Å²) in [6.07, 6.45) is 0.823. The van der Waals surface area contributed by atoms with E-state index in [0.717, 1.165) is 29.1 Å². The van der Waals surface area contributed by atoms with E-state index in [1.807, 2.05) is 71.0 Å². The lowest BCUT2D eigenvalue weighted by molar-refractivity contribution is -0.123. The summed E-state index contributed by atoms with van der Waals surface area (Å²) in [6.45, 7) is 9.61. The quantitative estimate of drug-likeness (QED) is 0.458. The van der Waals surface area contributed by atoms with E-state index < -0.39 is 23.4 Å². The van der Waals surface area contributed by atoms with Crippen molar-refractivity contribution in [1.29, 1.82) is 0 Å².